The summed E-state index contributed by atoms with van der Waals surface area (Å²) < 4.78 is 5.23. The highest BCUT2D eigenvalue weighted by atomic mass is 16.5. The van der Waals surface area contributed by atoms with Gasteiger partial charge in [0.15, 0.2) is 0 Å². The van der Waals surface area contributed by atoms with Crippen molar-refractivity contribution in [3.05, 3.63) is 42.0 Å². The molecule has 112 valence electrons. The first kappa shape index (κ1) is 15.3. The lowest BCUT2D eigenvalue weighted by Gasteiger charge is -2.19. The van der Waals surface area contributed by atoms with Crippen LogP contribution in [0, 0.1) is 0 Å². The summed E-state index contributed by atoms with van der Waals surface area (Å²) in [6.07, 6.45) is 0.179. The molecule has 0 radical (unpaired) electrons. The quantitative estimate of drug-likeness (QED) is 0.850. The maximum atomic E-state index is 10.7. The minimum atomic E-state index is -0.751. The monoisotopic (exact) mass is 287 g/mol. The molecule has 0 bridgehead atoms. The van der Waals surface area contributed by atoms with Gasteiger partial charge in [-0.25, -0.2) is 0 Å². The van der Waals surface area contributed by atoms with Crippen LogP contribution in [0.4, 0.5) is 0 Å². The molecule has 4 nitrogen and oxygen atoms in total. The van der Waals surface area contributed by atoms with E-state index in [-0.39, 0.29) is 6.42 Å². The number of hydrogen-bond acceptors (Lipinski definition) is 3. The Bertz CT molecular complexity index is 624. The van der Waals surface area contributed by atoms with Crippen LogP contribution in [0.1, 0.15) is 18.9 Å². The van der Waals surface area contributed by atoms with Crippen LogP contribution in [0.15, 0.2) is 36.4 Å². The highest BCUT2D eigenvalue weighted by Crippen LogP contribution is 2.22. The van der Waals surface area contributed by atoms with Crippen molar-refractivity contribution in [3.8, 4) is 5.75 Å². The van der Waals surface area contributed by atoms with Gasteiger partial charge < -0.3 is 9.84 Å². The minimum Gasteiger partial charge on any atom is -0.497 e. The molecule has 0 unspecified atom stereocenters. The van der Waals surface area contributed by atoms with E-state index in [2.05, 4.69) is 23.1 Å². The van der Waals surface area contributed by atoms with E-state index < -0.39 is 5.97 Å². The van der Waals surface area contributed by atoms with Crippen LogP contribution in [0.2, 0.25) is 0 Å². The van der Waals surface area contributed by atoms with Gasteiger partial charge in [-0.1, -0.05) is 25.1 Å². The molecular weight excluding hydrogens is 266 g/mol. The molecule has 0 atom stereocenters. The number of rotatable bonds is 7. The van der Waals surface area contributed by atoms with Gasteiger partial charge in [0.05, 0.1) is 13.5 Å². The molecule has 0 spiro atoms. The van der Waals surface area contributed by atoms with Crippen molar-refractivity contribution >= 4 is 16.7 Å². The largest absolute Gasteiger partial charge is 0.497 e. The molecule has 0 aliphatic heterocycles. The van der Waals surface area contributed by atoms with Crippen molar-refractivity contribution < 1.29 is 14.6 Å². The Kier molecular flexibility index (Phi) is 5.17. The third-order valence-corrected chi connectivity index (χ3v) is 3.61. The Labute approximate surface area is 124 Å². The van der Waals surface area contributed by atoms with Crippen molar-refractivity contribution in [2.75, 3.05) is 20.2 Å². The van der Waals surface area contributed by atoms with Crippen LogP contribution in [0.5, 0.6) is 5.75 Å². The zero-order valence-corrected chi connectivity index (χ0v) is 12.5. The fourth-order valence-corrected chi connectivity index (χ4v) is 2.36. The third-order valence-electron chi connectivity index (χ3n) is 3.61. The Morgan fingerprint density at radius 3 is 2.57 bits per heavy atom. The molecule has 2 rings (SSSR count). The number of ether oxygens (including phenoxy) is 1. The van der Waals surface area contributed by atoms with E-state index >= 15 is 0 Å². The van der Waals surface area contributed by atoms with Gasteiger partial charge in [0.1, 0.15) is 5.75 Å². The first-order valence-corrected chi connectivity index (χ1v) is 7.13. The smallest absolute Gasteiger partial charge is 0.304 e. The SMILES string of the molecule is CCN(CCC(=O)O)Cc1ccc2cc(OC)ccc2c1. The summed E-state index contributed by atoms with van der Waals surface area (Å²) in [6, 6.07) is 12.3. The Hall–Kier alpha value is -2.07. The zero-order valence-electron chi connectivity index (χ0n) is 12.5. The molecule has 0 aliphatic carbocycles. The predicted molar refractivity (Wildman–Crippen MR) is 83.7 cm³/mol. The van der Waals surface area contributed by atoms with Gasteiger partial charge in [0, 0.05) is 13.1 Å². The summed E-state index contributed by atoms with van der Waals surface area (Å²) in [4.78, 5) is 12.8. The molecule has 0 amide bonds. The maximum absolute atomic E-state index is 10.7. The van der Waals surface area contributed by atoms with Gasteiger partial charge in [-0.05, 0) is 41.1 Å². The molecule has 0 aliphatic rings. The number of aliphatic carboxylic acids is 1. The zero-order chi connectivity index (χ0) is 15.2. The van der Waals surface area contributed by atoms with E-state index in [4.69, 9.17) is 9.84 Å². The lowest BCUT2D eigenvalue weighted by Crippen LogP contribution is -2.25. The van der Waals surface area contributed by atoms with E-state index in [1.807, 2.05) is 25.1 Å². The molecule has 21 heavy (non-hydrogen) atoms. The first-order valence-electron chi connectivity index (χ1n) is 7.13. The number of carbonyl (C=O) groups is 1. The van der Waals surface area contributed by atoms with Gasteiger partial charge in [-0.2, -0.15) is 0 Å². The molecule has 2 aromatic carbocycles. The number of carboxylic acids is 1. The second-order valence-corrected chi connectivity index (χ2v) is 5.06. The predicted octanol–water partition coefficient (Wildman–Crippen LogP) is 3.15. The number of carboxylic acid groups (broad SMARTS) is 1. The maximum Gasteiger partial charge on any atom is 0.304 e. The molecule has 4 heteroatoms. The fraction of sp³-hybridized carbons (Fsp3) is 0.353. The lowest BCUT2D eigenvalue weighted by molar-refractivity contribution is -0.137. The van der Waals surface area contributed by atoms with Crippen molar-refractivity contribution in [2.45, 2.75) is 19.9 Å². The third kappa shape index (κ3) is 4.20. The lowest BCUT2D eigenvalue weighted by atomic mass is 10.1. The minimum absolute atomic E-state index is 0.179. The summed E-state index contributed by atoms with van der Waals surface area (Å²) in [5.74, 6) is 0.103. The molecular formula is C17H21NO3. The summed E-state index contributed by atoms with van der Waals surface area (Å²) in [5, 5.41) is 11.1. The Morgan fingerprint density at radius 2 is 1.90 bits per heavy atom. The van der Waals surface area contributed by atoms with Gasteiger partial charge in [-0.15, -0.1) is 0 Å². The van der Waals surface area contributed by atoms with Crippen molar-refractivity contribution in [1.82, 2.24) is 4.90 Å². The fourth-order valence-electron chi connectivity index (χ4n) is 2.36. The van der Waals surface area contributed by atoms with Crippen LogP contribution in [0.25, 0.3) is 10.8 Å². The molecule has 0 saturated heterocycles. The van der Waals surface area contributed by atoms with Crippen molar-refractivity contribution in [3.63, 3.8) is 0 Å². The molecule has 0 fully saturated rings. The average molecular weight is 287 g/mol. The van der Waals surface area contributed by atoms with E-state index in [0.717, 1.165) is 24.2 Å². The van der Waals surface area contributed by atoms with Crippen LogP contribution < -0.4 is 4.74 Å². The van der Waals surface area contributed by atoms with Crippen molar-refractivity contribution in [1.29, 1.82) is 0 Å². The van der Waals surface area contributed by atoms with Crippen molar-refractivity contribution in [2.24, 2.45) is 0 Å². The highest BCUT2D eigenvalue weighted by Gasteiger charge is 2.07. The topological polar surface area (TPSA) is 49.8 Å². The standard InChI is InChI=1S/C17H21NO3/c1-3-18(9-8-17(19)20)12-13-4-5-15-11-16(21-2)7-6-14(15)10-13/h4-7,10-11H,3,8-9,12H2,1-2H3,(H,19,20). The summed E-state index contributed by atoms with van der Waals surface area (Å²) >= 11 is 0. The van der Waals surface area contributed by atoms with Gasteiger partial charge in [0.2, 0.25) is 0 Å². The van der Waals surface area contributed by atoms with Gasteiger partial charge in [0.25, 0.3) is 0 Å². The molecule has 0 aromatic heterocycles. The molecule has 1 N–H and O–H groups in total. The second kappa shape index (κ2) is 7.09. The number of hydrogen-bond donors (Lipinski definition) is 1. The highest BCUT2D eigenvalue weighted by molar-refractivity contribution is 5.84. The second-order valence-electron chi connectivity index (χ2n) is 5.06. The summed E-state index contributed by atoms with van der Waals surface area (Å²) in [7, 11) is 1.66. The summed E-state index contributed by atoms with van der Waals surface area (Å²) in [6.45, 7) is 4.24. The van der Waals surface area contributed by atoms with E-state index in [0.29, 0.717) is 6.54 Å². The van der Waals surface area contributed by atoms with Crippen LogP contribution in [-0.2, 0) is 11.3 Å². The van der Waals surface area contributed by atoms with Gasteiger partial charge >= 0.3 is 5.97 Å². The summed E-state index contributed by atoms with van der Waals surface area (Å²) in [5.41, 5.74) is 1.19. The number of nitrogens with zero attached hydrogens (tertiary/aromatic N) is 1. The molecule has 0 heterocycles. The van der Waals surface area contributed by atoms with Crippen LogP contribution in [0.3, 0.4) is 0 Å². The van der Waals surface area contributed by atoms with E-state index in [1.54, 1.807) is 7.11 Å². The number of benzene rings is 2. The Balaban J connectivity index is 2.12. The first-order chi connectivity index (χ1) is 10.1. The van der Waals surface area contributed by atoms with Gasteiger partial charge in [-0.3, -0.25) is 9.69 Å². The van der Waals surface area contributed by atoms with Crippen LogP contribution in [-0.4, -0.2) is 36.2 Å². The van der Waals surface area contributed by atoms with Crippen LogP contribution >= 0.6 is 0 Å². The van der Waals surface area contributed by atoms with E-state index in [1.165, 1.54) is 10.9 Å². The molecule has 0 saturated carbocycles. The average Bonchev–Trinajstić information content (AvgIpc) is 2.50. The number of methoxy groups -OCH3 is 1. The van der Waals surface area contributed by atoms with E-state index in [9.17, 15) is 4.79 Å². The Morgan fingerprint density at radius 1 is 1.19 bits per heavy atom. The normalized spacial score (nSPS) is 11.0. The number of fused-ring (bicyclic) bond motifs is 1. The molecule has 2 aromatic rings.